The molecule has 2 aromatic heterocycles. The number of ether oxygens (including phenoxy) is 1. The topological polar surface area (TPSA) is 72.6 Å². The van der Waals surface area contributed by atoms with E-state index in [1.807, 2.05) is 72.8 Å². The normalized spacial score (nSPS) is 13.8. The third-order valence-electron chi connectivity index (χ3n) is 5.85. The van der Waals surface area contributed by atoms with E-state index in [1.54, 1.807) is 13.3 Å². The van der Waals surface area contributed by atoms with E-state index < -0.39 is 5.97 Å². The summed E-state index contributed by atoms with van der Waals surface area (Å²) in [5.74, 6) is -0.0756. The van der Waals surface area contributed by atoms with E-state index in [4.69, 9.17) is 14.1 Å². The fourth-order valence-corrected chi connectivity index (χ4v) is 4.15. The van der Waals surface area contributed by atoms with Crippen molar-refractivity contribution in [1.29, 1.82) is 0 Å². The van der Waals surface area contributed by atoms with Gasteiger partial charge in [0, 0.05) is 18.1 Å². The molecule has 2 aromatic carbocycles. The molecule has 6 nitrogen and oxygen atoms in total. The molecule has 0 unspecified atom stereocenters. The van der Waals surface area contributed by atoms with Crippen LogP contribution in [-0.4, -0.2) is 30.5 Å². The van der Waals surface area contributed by atoms with Crippen molar-refractivity contribution in [3.8, 4) is 0 Å². The smallest absolute Gasteiger partial charge is 0.339 e. The van der Waals surface area contributed by atoms with Crippen LogP contribution in [0.3, 0.4) is 0 Å². The predicted molar refractivity (Wildman–Crippen MR) is 127 cm³/mol. The van der Waals surface area contributed by atoms with Gasteiger partial charge < -0.3 is 14.1 Å². The highest BCUT2D eigenvalue weighted by Crippen LogP contribution is 2.37. The summed E-state index contributed by atoms with van der Waals surface area (Å²) in [4.78, 5) is 32.2. The minimum absolute atomic E-state index is 0.303. The zero-order chi connectivity index (χ0) is 22.8. The Morgan fingerprint density at radius 3 is 2.61 bits per heavy atom. The number of pyridine rings is 1. The van der Waals surface area contributed by atoms with Crippen LogP contribution in [0.2, 0.25) is 0 Å². The molecule has 1 aliphatic carbocycles. The summed E-state index contributed by atoms with van der Waals surface area (Å²) in [7, 11) is 1.66. The summed E-state index contributed by atoms with van der Waals surface area (Å²) >= 11 is 0. The lowest BCUT2D eigenvalue weighted by molar-refractivity contribution is -0.121. The third-order valence-corrected chi connectivity index (χ3v) is 5.85. The highest BCUT2D eigenvalue weighted by Gasteiger charge is 2.28. The Labute approximate surface area is 191 Å². The number of nitrogens with zero attached hydrogens (tertiary/aromatic N) is 2. The van der Waals surface area contributed by atoms with Gasteiger partial charge in [0.15, 0.2) is 6.61 Å². The number of hydrogen-bond acceptors (Lipinski definition) is 5. The minimum atomic E-state index is -0.515. The number of fused-ring (bicyclic) bond motifs is 2. The molecule has 0 radical (unpaired) electrons. The Bertz CT molecular complexity index is 1360. The predicted octanol–water partition coefficient (Wildman–Crippen LogP) is 5.13. The number of benzene rings is 2. The van der Waals surface area contributed by atoms with Crippen molar-refractivity contribution in [1.82, 2.24) is 4.98 Å². The molecule has 0 saturated carbocycles. The van der Waals surface area contributed by atoms with Crippen molar-refractivity contribution in [3.05, 3.63) is 95.6 Å². The Morgan fingerprint density at radius 1 is 1.03 bits per heavy atom. The van der Waals surface area contributed by atoms with Crippen molar-refractivity contribution in [2.45, 2.75) is 12.8 Å². The van der Waals surface area contributed by atoms with Crippen molar-refractivity contribution in [3.63, 3.8) is 0 Å². The first-order chi connectivity index (χ1) is 16.1. The Balaban J connectivity index is 1.45. The SMILES string of the molecule is CN(C(=O)COC(=O)c1c2c(nc3ccccc13)/C(=C\c1ccco1)CC2)c1ccccc1. The first-order valence-corrected chi connectivity index (χ1v) is 10.8. The van der Waals surface area contributed by atoms with E-state index in [1.165, 1.54) is 4.90 Å². The van der Waals surface area contributed by atoms with Crippen LogP contribution in [0.5, 0.6) is 0 Å². The maximum absolute atomic E-state index is 13.2. The largest absolute Gasteiger partial charge is 0.465 e. The van der Waals surface area contributed by atoms with E-state index in [0.29, 0.717) is 17.5 Å². The molecule has 6 heteroatoms. The number of hydrogen-bond donors (Lipinski definition) is 0. The Kier molecular flexibility index (Phi) is 5.48. The van der Waals surface area contributed by atoms with Crippen LogP contribution in [-0.2, 0) is 16.0 Å². The lowest BCUT2D eigenvalue weighted by Crippen LogP contribution is -2.31. The van der Waals surface area contributed by atoms with Crippen molar-refractivity contribution in [2.24, 2.45) is 0 Å². The molecule has 1 amide bonds. The van der Waals surface area contributed by atoms with Crippen LogP contribution in [0, 0.1) is 0 Å². The van der Waals surface area contributed by atoms with Crippen LogP contribution < -0.4 is 4.90 Å². The zero-order valence-corrected chi connectivity index (χ0v) is 18.2. The fourth-order valence-electron chi connectivity index (χ4n) is 4.15. The number of rotatable bonds is 5. The number of aromatic nitrogens is 1. The summed E-state index contributed by atoms with van der Waals surface area (Å²) in [6, 6.07) is 20.5. The molecular weight excluding hydrogens is 416 g/mol. The average molecular weight is 438 g/mol. The van der Waals surface area contributed by atoms with Crippen molar-refractivity contribution >= 4 is 40.1 Å². The number of para-hydroxylation sites is 2. The van der Waals surface area contributed by atoms with Crippen LogP contribution >= 0.6 is 0 Å². The highest BCUT2D eigenvalue weighted by atomic mass is 16.5. The molecule has 0 atom stereocenters. The second-order valence-corrected chi connectivity index (χ2v) is 7.88. The molecule has 4 aromatic rings. The lowest BCUT2D eigenvalue weighted by atomic mass is 10.0. The Hall–Kier alpha value is -4.19. The van der Waals surface area contributed by atoms with Gasteiger partial charge in [-0.2, -0.15) is 0 Å². The van der Waals surface area contributed by atoms with Gasteiger partial charge in [0.2, 0.25) is 0 Å². The second kappa shape index (κ2) is 8.74. The fraction of sp³-hybridized carbons (Fsp3) is 0.148. The van der Waals surface area contributed by atoms with Gasteiger partial charge in [-0.05, 0) is 60.4 Å². The quantitative estimate of drug-likeness (QED) is 0.404. The molecule has 0 aliphatic heterocycles. The van der Waals surface area contributed by atoms with Gasteiger partial charge in [0.1, 0.15) is 5.76 Å². The molecule has 0 spiro atoms. The number of likely N-dealkylation sites (N-methyl/N-ethyl adjacent to an activating group) is 1. The number of furan rings is 1. The number of anilines is 1. The number of amides is 1. The Morgan fingerprint density at radius 2 is 1.82 bits per heavy atom. The van der Waals surface area contributed by atoms with Gasteiger partial charge in [0.05, 0.1) is 23.0 Å². The number of allylic oxidation sites excluding steroid dienone is 1. The summed E-state index contributed by atoms with van der Waals surface area (Å²) in [5, 5.41) is 0.726. The molecule has 1 aliphatic rings. The van der Waals surface area contributed by atoms with Gasteiger partial charge >= 0.3 is 5.97 Å². The molecular formula is C27H22N2O4. The highest BCUT2D eigenvalue weighted by molar-refractivity contribution is 6.08. The average Bonchev–Trinajstić information content (AvgIpc) is 3.51. The maximum Gasteiger partial charge on any atom is 0.339 e. The van der Waals surface area contributed by atoms with Crippen LogP contribution in [0.1, 0.15) is 33.8 Å². The van der Waals surface area contributed by atoms with E-state index in [0.717, 1.165) is 40.1 Å². The summed E-state index contributed by atoms with van der Waals surface area (Å²) in [5.41, 5.74) is 4.57. The molecule has 5 rings (SSSR count). The van der Waals surface area contributed by atoms with Gasteiger partial charge in [-0.25, -0.2) is 9.78 Å². The van der Waals surface area contributed by atoms with Gasteiger partial charge in [-0.15, -0.1) is 0 Å². The second-order valence-electron chi connectivity index (χ2n) is 7.88. The maximum atomic E-state index is 13.2. The van der Waals surface area contributed by atoms with Gasteiger partial charge in [-0.3, -0.25) is 4.79 Å². The first-order valence-electron chi connectivity index (χ1n) is 10.8. The molecule has 2 heterocycles. The zero-order valence-electron chi connectivity index (χ0n) is 18.2. The lowest BCUT2D eigenvalue weighted by Gasteiger charge is -2.17. The number of esters is 1. The van der Waals surface area contributed by atoms with E-state index >= 15 is 0 Å². The molecule has 0 bridgehead atoms. The van der Waals surface area contributed by atoms with Crippen LogP contribution in [0.15, 0.2) is 77.4 Å². The molecule has 164 valence electrons. The molecule has 0 fully saturated rings. The van der Waals surface area contributed by atoms with Crippen LogP contribution in [0.25, 0.3) is 22.6 Å². The standard InChI is InChI=1S/C27H22N2O4/c1-29(19-8-3-2-4-9-19)24(30)17-33-27(31)25-21-11-5-6-12-23(21)28-26-18(13-14-22(25)26)16-20-10-7-15-32-20/h2-12,15-16H,13-14,17H2,1H3/b18-16-. The number of carbonyl (C=O) groups excluding carboxylic acids is 2. The molecule has 33 heavy (non-hydrogen) atoms. The van der Waals surface area contributed by atoms with Crippen molar-refractivity contribution in [2.75, 3.05) is 18.6 Å². The van der Waals surface area contributed by atoms with Gasteiger partial charge in [0.25, 0.3) is 5.91 Å². The first kappa shape index (κ1) is 20.7. The van der Waals surface area contributed by atoms with Crippen LogP contribution in [0.4, 0.5) is 5.69 Å². The monoisotopic (exact) mass is 438 g/mol. The summed E-state index contributed by atoms with van der Waals surface area (Å²) in [6.45, 7) is -0.343. The van der Waals surface area contributed by atoms with E-state index in [9.17, 15) is 9.59 Å². The van der Waals surface area contributed by atoms with Gasteiger partial charge in [-0.1, -0.05) is 36.4 Å². The van der Waals surface area contributed by atoms with E-state index in [-0.39, 0.29) is 12.5 Å². The minimum Gasteiger partial charge on any atom is -0.465 e. The van der Waals surface area contributed by atoms with E-state index in [2.05, 4.69) is 0 Å². The summed E-state index contributed by atoms with van der Waals surface area (Å²) < 4.78 is 11.0. The third kappa shape index (κ3) is 4.03. The summed E-state index contributed by atoms with van der Waals surface area (Å²) in [6.07, 6.45) is 5.00. The van der Waals surface area contributed by atoms with Crippen molar-refractivity contribution < 1.29 is 18.7 Å². The number of carbonyl (C=O) groups is 2. The molecule has 0 N–H and O–H groups in total. The molecule has 0 saturated heterocycles.